The molecule has 0 aromatic heterocycles. The van der Waals surface area contributed by atoms with Crippen LogP contribution in [0.1, 0.15) is 61.4 Å². The van der Waals surface area contributed by atoms with E-state index >= 15 is 0 Å². The Bertz CT molecular complexity index is 398. The molecule has 1 aliphatic carbocycles. The van der Waals surface area contributed by atoms with E-state index in [1.807, 2.05) is 24.3 Å². The number of ketones is 1. The van der Waals surface area contributed by atoms with Gasteiger partial charge in [0.1, 0.15) is 5.60 Å². The van der Waals surface area contributed by atoms with Gasteiger partial charge in [-0.3, -0.25) is 4.79 Å². The van der Waals surface area contributed by atoms with Gasteiger partial charge in [-0.2, -0.15) is 0 Å². The van der Waals surface area contributed by atoms with Crippen molar-refractivity contribution in [1.82, 2.24) is 0 Å². The number of hydrogen-bond donors (Lipinski definition) is 1. The van der Waals surface area contributed by atoms with E-state index in [0.29, 0.717) is 18.4 Å². The van der Waals surface area contributed by atoms with Gasteiger partial charge in [-0.1, -0.05) is 56.9 Å². The molecule has 0 atom stereocenters. The number of Topliss-reactive ketones (excluding diaryl/α,β-unsaturated/α-hetero) is 1. The van der Waals surface area contributed by atoms with E-state index in [0.717, 1.165) is 32.1 Å². The lowest BCUT2D eigenvalue weighted by Crippen LogP contribution is -2.38. The maximum Gasteiger partial charge on any atom is 0.194 e. The van der Waals surface area contributed by atoms with Gasteiger partial charge in [0.25, 0.3) is 0 Å². The highest BCUT2D eigenvalue weighted by molar-refractivity contribution is 6.02. The molecule has 0 bridgehead atoms. The molecule has 0 saturated heterocycles. The van der Waals surface area contributed by atoms with Crippen molar-refractivity contribution in [3.05, 3.63) is 35.4 Å². The molecule has 98 valence electrons. The summed E-state index contributed by atoms with van der Waals surface area (Å²) in [5, 5.41) is 10.6. The first-order chi connectivity index (χ1) is 8.65. The van der Waals surface area contributed by atoms with Crippen LogP contribution < -0.4 is 0 Å². The zero-order valence-corrected chi connectivity index (χ0v) is 11.1. The summed E-state index contributed by atoms with van der Waals surface area (Å²) in [5.74, 6) is -0.0907. The summed E-state index contributed by atoms with van der Waals surface area (Å²) in [7, 11) is 0. The Morgan fingerprint density at radius 3 is 2.17 bits per heavy atom. The zero-order chi connectivity index (χ0) is 13.0. The minimum Gasteiger partial charge on any atom is -0.382 e. The van der Waals surface area contributed by atoms with E-state index in [2.05, 4.69) is 6.92 Å². The first kappa shape index (κ1) is 13.3. The van der Waals surface area contributed by atoms with E-state index in [1.165, 1.54) is 5.56 Å². The quantitative estimate of drug-likeness (QED) is 0.654. The molecule has 0 radical (unpaired) electrons. The van der Waals surface area contributed by atoms with Crippen LogP contribution in [0, 0.1) is 0 Å². The number of carbonyl (C=O) groups is 1. The van der Waals surface area contributed by atoms with Gasteiger partial charge < -0.3 is 5.11 Å². The third kappa shape index (κ3) is 2.81. The number of aryl methyl sites for hydroxylation is 1. The van der Waals surface area contributed by atoms with E-state index in [9.17, 15) is 9.90 Å². The molecule has 0 unspecified atom stereocenters. The first-order valence-electron chi connectivity index (χ1n) is 7.02. The number of benzene rings is 1. The van der Waals surface area contributed by atoms with Gasteiger partial charge in [-0.25, -0.2) is 0 Å². The summed E-state index contributed by atoms with van der Waals surface area (Å²) in [6.07, 6.45) is 6.36. The first-order valence-corrected chi connectivity index (χ1v) is 7.02. The molecule has 1 aliphatic rings. The number of rotatable bonds is 3. The molecule has 1 saturated carbocycles. The van der Waals surface area contributed by atoms with Crippen molar-refractivity contribution in [2.45, 2.75) is 57.5 Å². The molecule has 0 spiro atoms. The number of hydrogen-bond acceptors (Lipinski definition) is 2. The smallest absolute Gasteiger partial charge is 0.194 e. The van der Waals surface area contributed by atoms with Crippen molar-refractivity contribution in [2.24, 2.45) is 0 Å². The Labute approximate surface area is 109 Å². The Balaban J connectivity index is 2.17. The highest BCUT2D eigenvalue weighted by atomic mass is 16.3. The predicted molar refractivity (Wildman–Crippen MR) is 72.8 cm³/mol. The highest BCUT2D eigenvalue weighted by Gasteiger charge is 2.36. The minimum absolute atomic E-state index is 0.0907. The average Bonchev–Trinajstić information content (AvgIpc) is 2.64. The van der Waals surface area contributed by atoms with Gasteiger partial charge in [0.15, 0.2) is 5.78 Å². The lowest BCUT2D eigenvalue weighted by molar-refractivity contribution is 0.0238. The summed E-state index contributed by atoms with van der Waals surface area (Å²) >= 11 is 0. The van der Waals surface area contributed by atoms with Crippen LogP contribution >= 0.6 is 0 Å². The van der Waals surface area contributed by atoms with Gasteiger partial charge in [-0.05, 0) is 24.8 Å². The summed E-state index contributed by atoms with van der Waals surface area (Å²) in [6, 6.07) is 7.66. The monoisotopic (exact) mass is 246 g/mol. The fraction of sp³-hybridized carbons (Fsp3) is 0.562. The molecule has 2 rings (SSSR count). The average molecular weight is 246 g/mol. The molecular formula is C16H22O2. The van der Waals surface area contributed by atoms with Gasteiger partial charge >= 0.3 is 0 Å². The van der Waals surface area contributed by atoms with E-state index in [1.54, 1.807) is 0 Å². The molecule has 1 N–H and O–H groups in total. The minimum atomic E-state index is -1.12. The van der Waals surface area contributed by atoms with Crippen molar-refractivity contribution in [2.75, 3.05) is 0 Å². The molecule has 0 aliphatic heterocycles. The van der Waals surface area contributed by atoms with Crippen LogP contribution in [-0.2, 0) is 6.42 Å². The molecule has 0 heterocycles. The van der Waals surface area contributed by atoms with Crippen LogP contribution in [0.5, 0.6) is 0 Å². The molecule has 1 aromatic rings. The second kappa shape index (κ2) is 5.66. The molecule has 2 heteroatoms. The third-order valence-corrected chi connectivity index (χ3v) is 3.98. The Kier molecular flexibility index (Phi) is 4.18. The topological polar surface area (TPSA) is 37.3 Å². The van der Waals surface area contributed by atoms with Crippen molar-refractivity contribution in [1.29, 1.82) is 0 Å². The fourth-order valence-corrected chi connectivity index (χ4v) is 2.70. The van der Waals surface area contributed by atoms with Crippen LogP contribution in [0.25, 0.3) is 0 Å². The lowest BCUT2D eigenvalue weighted by Gasteiger charge is -2.25. The third-order valence-electron chi connectivity index (χ3n) is 3.98. The second-order valence-electron chi connectivity index (χ2n) is 5.33. The molecular weight excluding hydrogens is 224 g/mol. The molecule has 2 nitrogen and oxygen atoms in total. The fourth-order valence-electron chi connectivity index (χ4n) is 2.70. The summed E-state index contributed by atoms with van der Waals surface area (Å²) in [6.45, 7) is 2.09. The lowest BCUT2D eigenvalue weighted by atomic mass is 9.86. The van der Waals surface area contributed by atoms with Gasteiger partial charge in [0.05, 0.1) is 0 Å². The normalized spacial score (nSPS) is 19.2. The zero-order valence-electron chi connectivity index (χ0n) is 11.1. The second-order valence-corrected chi connectivity index (χ2v) is 5.33. The predicted octanol–water partition coefficient (Wildman–Crippen LogP) is 3.52. The van der Waals surface area contributed by atoms with Crippen molar-refractivity contribution < 1.29 is 9.90 Å². The SMILES string of the molecule is CCc1ccc(C(=O)C2(O)CCCCCC2)cc1. The van der Waals surface area contributed by atoms with Crippen LogP contribution in [0.15, 0.2) is 24.3 Å². The van der Waals surface area contributed by atoms with Crippen LogP contribution in [0.2, 0.25) is 0 Å². The number of aliphatic hydroxyl groups is 1. The summed E-state index contributed by atoms with van der Waals surface area (Å²) in [4.78, 5) is 12.4. The summed E-state index contributed by atoms with van der Waals surface area (Å²) in [5.41, 5.74) is 0.750. The van der Waals surface area contributed by atoms with Crippen molar-refractivity contribution in [3.63, 3.8) is 0 Å². The Morgan fingerprint density at radius 1 is 1.11 bits per heavy atom. The molecule has 1 fully saturated rings. The van der Waals surface area contributed by atoms with Crippen molar-refractivity contribution >= 4 is 5.78 Å². The maximum atomic E-state index is 12.4. The van der Waals surface area contributed by atoms with Gasteiger partial charge in [-0.15, -0.1) is 0 Å². The van der Waals surface area contributed by atoms with Crippen LogP contribution in [0.4, 0.5) is 0 Å². The number of carbonyl (C=O) groups excluding carboxylic acids is 1. The Morgan fingerprint density at radius 2 is 1.67 bits per heavy atom. The largest absolute Gasteiger partial charge is 0.382 e. The summed E-state index contributed by atoms with van der Waals surface area (Å²) < 4.78 is 0. The van der Waals surface area contributed by atoms with Crippen molar-refractivity contribution in [3.8, 4) is 0 Å². The molecule has 1 aromatic carbocycles. The van der Waals surface area contributed by atoms with E-state index in [-0.39, 0.29) is 5.78 Å². The Hall–Kier alpha value is -1.15. The van der Waals surface area contributed by atoms with Gasteiger partial charge in [0, 0.05) is 5.56 Å². The molecule has 0 amide bonds. The van der Waals surface area contributed by atoms with Crippen LogP contribution in [0.3, 0.4) is 0 Å². The van der Waals surface area contributed by atoms with Crippen LogP contribution in [-0.4, -0.2) is 16.5 Å². The highest BCUT2D eigenvalue weighted by Crippen LogP contribution is 2.30. The maximum absolute atomic E-state index is 12.4. The van der Waals surface area contributed by atoms with Gasteiger partial charge in [0.2, 0.25) is 0 Å². The molecule has 18 heavy (non-hydrogen) atoms. The van der Waals surface area contributed by atoms with E-state index < -0.39 is 5.60 Å². The standard InChI is InChI=1S/C16H22O2/c1-2-13-7-9-14(10-8-13)15(17)16(18)11-5-3-4-6-12-16/h7-10,18H,2-6,11-12H2,1H3. The van der Waals surface area contributed by atoms with E-state index in [4.69, 9.17) is 0 Å².